The number of amides is 2. The number of thiazole rings is 1. The first kappa shape index (κ1) is 16.4. The van der Waals surface area contributed by atoms with Crippen LogP contribution in [0.5, 0.6) is 0 Å². The monoisotopic (exact) mass is 341 g/mol. The molecule has 1 aromatic carbocycles. The minimum absolute atomic E-state index is 0.0936. The second-order valence-corrected chi connectivity index (χ2v) is 6.80. The minimum Gasteiger partial charge on any atom is -0.322 e. The van der Waals surface area contributed by atoms with Crippen molar-refractivity contribution in [1.82, 2.24) is 14.8 Å². The number of carbonyl (C=O) groups excluding carboxylic acids is 1. The van der Waals surface area contributed by atoms with Gasteiger partial charge in [0.05, 0.1) is 22.3 Å². The molecule has 3 rings (SSSR count). The predicted octanol–water partition coefficient (Wildman–Crippen LogP) is 2.67. The lowest BCUT2D eigenvalue weighted by molar-refractivity contribution is 0.142. The normalized spacial score (nSPS) is 15.1. The van der Waals surface area contributed by atoms with Gasteiger partial charge in [0.15, 0.2) is 0 Å². The van der Waals surface area contributed by atoms with Crippen LogP contribution < -0.4 is 5.32 Å². The summed E-state index contributed by atoms with van der Waals surface area (Å²) in [5.41, 5.74) is 2.39. The molecule has 1 N–H and O–H groups in total. The summed E-state index contributed by atoms with van der Waals surface area (Å²) in [4.78, 5) is 20.9. The smallest absolute Gasteiger partial charge is 0.321 e. The molecule has 2 amide bonds. The maximum atomic E-state index is 12.3. The Balaban J connectivity index is 1.48. The molecule has 0 unspecified atom stereocenters. The highest BCUT2D eigenvalue weighted by Gasteiger charge is 2.21. The van der Waals surface area contributed by atoms with Crippen molar-refractivity contribution < 1.29 is 4.79 Å². The summed E-state index contributed by atoms with van der Waals surface area (Å²) in [7, 11) is 0. The first-order valence-corrected chi connectivity index (χ1v) is 8.71. The Bertz CT molecular complexity index is 741. The van der Waals surface area contributed by atoms with E-state index in [1.807, 2.05) is 11.8 Å². The van der Waals surface area contributed by atoms with Gasteiger partial charge in [0.25, 0.3) is 0 Å². The van der Waals surface area contributed by atoms with E-state index in [1.165, 1.54) is 0 Å². The molecule has 0 saturated carbocycles. The third-order valence-corrected chi connectivity index (χ3v) is 4.80. The highest BCUT2D eigenvalue weighted by molar-refractivity contribution is 7.09. The minimum atomic E-state index is -0.0936. The number of benzene rings is 1. The zero-order chi connectivity index (χ0) is 16.9. The van der Waals surface area contributed by atoms with Crippen LogP contribution in [0.2, 0.25) is 0 Å². The van der Waals surface area contributed by atoms with Crippen molar-refractivity contribution in [1.29, 1.82) is 5.26 Å². The Morgan fingerprint density at radius 3 is 2.58 bits per heavy atom. The zero-order valence-electron chi connectivity index (χ0n) is 13.5. The van der Waals surface area contributed by atoms with Crippen molar-refractivity contribution in [3.8, 4) is 6.07 Å². The fourth-order valence-corrected chi connectivity index (χ4v) is 3.25. The summed E-state index contributed by atoms with van der Waals surface area (Å²) >= 11 is 1.67. The number of urea groups is 1. The predicted molar refractivity (Wildman–Crippen MR) is 93.9 cm³/mol. The van der Waals surface area contributed by atoms with Crippen molar-refractivity contribution in [3.05, 3.63) is 45.9 Å². The molecule has 0 radical (unpaired) electrons. The lowest BCUT2D eigenvalue weighted by atomic mass is 10.2. The lowest BCUT2D eigenvalue weighted by Gasteiger charge is -2.34. The van der Waals surface area contributed by atoms with Crippen LogP contribution in [0.4, 0.5) is 10.5 Å². The van der Waals surface area contributed by atoms with Gasteiger partial charge in [-0.1, -0.05) is 0 Å². The van der Waals surface area contributed by atoms with E-state index in [-0.39, 0.29) is 6.03 Å². The van der Waals surface area contributed by atoms with E-state index in [0.717, 1.165) is 30.3 Å². The van der Waals surface area contributed by atoms with E-state index < -0.39 is 0 Å². The van der Waals surface area contributed by atoms with Gasteiger partial charge in [-0.15, -0.1) is 11.3 Å². The second kappa shape index (κ2) is 7.43. The fraction of sp³-hybridized carbons (Fsp3) is 0.353. The Kier molecular flexibility index (Phi) is 5.08. The van der Waals surface area contributed by atoms with Gasteiger partial charge in [-0.2, -0.15) is 5.26 Å². The summed E-state index contributed by atoms with van der Waals surface area (Å²) in [6, 6.07) is 8.86. The van der Waals surface area contributed by atoms with Crippen LogP contribution in [0.15, 0.2) is 29.6 Å². The maximum absolute atomic E-state index is 12.3. The molecule has 6 nitrogen and oxygen atoms in total. The number of nitrogens with zero attached hydrogens (tertiary/aromatic N) is 4. The molecular weight excluding hydrogens is 322 g/mol. The van der Waals surface area contributed by atoms with E-state index in [2.05, 4.69) is 26.6 Å². The summed E-state index contributed by atoms with van der Waals surface area (Å²) in [6.45, 7) is 5.94. The van der Waals surface area contributed by atoms with Gasteiger partial charge < -0.3 is 10.2 Å². The molecule has 124 valence electrons. The van der Waals surface area contributed by atoms with Crippen LogP contribution in [-0.4, -0.2) is 47.0 Å². The van der Waals surface area contributed by atoms with E-state index in [4.69, 9.17) is 5.26 Å². The average molecular weight is 341 g/mol. The highest BCUT2D eigenvalue weighted by Crippen LogP contribution is 2.14. The molecule has 0 spiro atoms. The van der Waals surface area contributed by atoms with Crippen LogP contribution in [0, 0.1) is 18.3 Å². The number of anilines is 1. The van der Waals surface area contributed by atoms with E-state index >= 15 is 0 Å². The SMILES string of the molecule is Cc1nc(CN2CCN(C(=O)Nc3ccc(C#N)cc3)CC2)cs1. The van der Waals surface area contributed by atoms with E-state index in [0.29, 0.717) is 24.3 Å². The Labute approximate surface area is 145 Å². The fourth-order valence-electron chi connectivity index (χ4n) is 2.65. The molecule has 1 aliphatic heterocycles. The number of rotatable bonds is 3. The largest absolute Gasteiger partial charge is 0.322 e. The van der Waals surface area contributed by atoms with Gasteiger partial charge >= 0.3 is 6.03 Å². The number of aryl methyl sites for hydroxylation is 1. The van der Waals surface area contributed by atoms with Crippen LogP contribution in [0.3, 0.4) is 0 Å². The molecular formula is C17H19N5OS. The molecule has 1 fully saturated rings. The number of aromatic nitrogens is 1. The molecule has 1 saturated heterocycles. The van der Waals surface area contributed by atoms with Crippen molar-refractivity contribution >= 4 is 23.1 Å². The van der Waals surface area contributed by atoms with Crippen LogP contribution in [0.1, 0.15) is 16.3 Å². The van der Waals surface area contributed by atoms with Gasteiger partial charge in [-0.25, -0.2) is 9.78 Å². The van der Waals surface area contributed by atoms with Gasteiger partial charge in [0.1, 0.15) is 0 Å². The Morgan fingerprint density at radius 2 is 2.00 bits per heavy atom. The van der Waals surface area contributed by atoms with Gasteiger partial charge in [0, 0.05) is 43.8 Å². The quantitative estimate of drug-likeness (QED) is 0.931. The first-order valence-electron chi connectivity index (χ1n) is 7.83. The van der Waals surface area contributed by atoms with Crippen LogP contribution in [-0.2, 0) is 6.54 Å². The van der Waals surface area contributed by atoms with Gasteiger partial charge in [-0.05, 0) is 31.2 Å². The summed E-state index contributed by atoms with van der Waals surface area (Å²) < 4.78 is 0. The summed E-state index contributed by atoms with van der Waals surface area (Å²) in [5.74, 6) is 0. The van der Waals surface area contributed by atoms with Gasteiger partial charge in [-0.3, -0.25) is 4.90 Å². The maximum Gasteiger partial charge on any atom is 0.321 e. The molecule has 0 bridgehead atoms. The topological polar surface area (TPSA) is 72.3 Å². The van der Waals surface area contributed by atoms with Crippen molar-refractivity contribution in [2.45, 2.75) is 13.5 Å². The molecule has 2 aromatic rings. The number of hydrogen-bond acceptors (Lipinski definition) is 5. The molecule has 1 aromatic heterocycles. The zero-order valence-corrected chi connectivity index (χ0v) is 14.3. The number of piperazine rings is 1. The number of hydrogen-bond donors (Lipinski definition) is 1. The second-order valence-electron chi connectivity index (χ2n) is 5.74. The van der Waals surface area contributed by atoms with Crippen molar-refractivity contribution in [2.24, 2.45) is 0 Å². The molecule has 24 heavy (non-hydrogen) atoms. The Hall–Kier alpha value is -2.43. The number of nitriles is 1. The van der Waals surface area contributed by atoms with E-state index in [1.54, 1.807) is 35.6 Å². The van der Waals surface area contributed by atoms with Crippen molar-refractivity contribution in [3.63, 3.8) is 0 Å². The third kappa shape index (κ3) is 4.10. The summed E-state index contributed by atoms with van der Waals surface area (Å²) in [5, 5.41) is 14.9. The molecule has 0 atom stereocenters. The molecule has 2 heterocycles. The number of carbonyl (C=O) groups is 1. The third-order valence-electron chi connectivity index (χ3n) is 3.98. The van der Waals surface area contributed by atoms with Crippen LogP contribution >= 0.6 is 11.3 Å². The number of nitrogens with one attached hydrogen (secondary N) is 1. The summed E-state index contributed by atoms with van der Waals surface area (Å²) in [6.07, 6.45) is 0. The Morgan fingerprint density at radius 1 is 1.29 bits per heavy atom. The van der Waals surface area contributed by atoms with Gasteiger partial charge in [0.2, 0.25) is 0 Å². The average Bonchev–Trinajstić information content (AvgIpc) is 3.01. The standard InChI is InChI=1S/C17H19N5OS/c1-13-19-16(12-24-13)11-21-6-8-22(9-7-21)17(23)20-15-4-2-14(10-18)3-5-15/h2-5,12H,6-9,11H2,1H3,(H,20,23). The van der Waals surface area contributed by atoms with Crippen LogP contribution in [0.25, 0.3) is 0 Å². The van der Waals surface area contributed by atoms with Crippen molar-refractivity contribution in [2.75, 3.05) is 31.5 Å². The molecule has 1 aliphatic rings. The lowest BCUT2D eigenvalue weighted by Crippen LogP contribution is -2.49. The molecule has 7 heteroatoms. The first-order chi connectivity index (χ1) is 11.6. The van der Waals surface area contributed by atoms with E-state index in [9.17, 15) is 4.79 Å². The molecule has 0 aliphatic carbocycles. The highest BCUT2D eigenvalue weighted by atomic mass is 32.1.